The van der Waals surface area contributed by atoms with Crippen LogP contribution in [0.15, 0.2) is 24.3 Å². The largest absolute Gasteiger partial charge is 0.426 e. The average molecular weight is 168 g/mol. The third-order valence-electron chi connectivity index (χ3n) is 1.36. The van der Waals surface area contributed by atoms with Gasteiger partial charge in [0, 0.05) is 5.75 Å². The highest BCUT2D eigenvalue weighted by atomic mass is 32.2. The number of para-hydroxylation sites is 1. The van der Waals surface area contributed by atoms with Crippen molar-refractivity contribution in [1.82, 2.24) is 0 Å². The minimum atomic E-state index is 0.972. The highest BCUT2D eigenvalue weighted by Crippen LogP contribution is 2.20. The predicted molar refractivity (Wildman–Crippen MR) is 49.9 cm³/mol. The Morgan fingerprint density at radius 3 is 2.73 bits per heavy atom. The third-order valence-corrected chi connectivity index (χ3v) is 1.89. The van der Waals surface area contributed by atoms with Gasteiger partial charge in [0.15, 0.2) is 0 Å². The van der Waals surface area contributed by atoms with Crippen molar-refractivity contribution in [3.8, 4) is 5.75 Å². The lowest BCUT2D eigenvalue weighted by Gasteiger charge is -2.04. The zero-order valence-electron chi connectivity index (χ0n) is 6.83. The SMILES string of the molecule is CCSOc1ccccc1C. The molecule has 0 unspecified atom stereocenters. The monoisotopic (exact) mass is 168 g/mol. The van der Waals surface area contributed by atoms with E-state index < -0.39 is 0 Å². The maximum atomic E-state index is 5.40. The molecule has 0 N–H and O–H groups in total. The van der Waals surface area contributed by atoms with E-state index in [1.165, 1.54) is 17.6 Å². The molecule has 0 aromatic heterocycles. The molecule has 60 valence electrons. The number of benzene rings is 1. The summed E-state index contributed by atoms with van der Waals surface area (Å²) in [5.41, 5.74) is 1.19. The lowest BCUT2D eigenvalue weighted by molar-refractivity contribution is 0.640. The summed E-state index contributed by atoms with van der Waals surface area (Å²) in [5.74, 6) is 1.95. The molecule has 1 aromatic rings. The fourth-order valence-electron chi connectivity index (χ4n) is 0.772. The molecule has 0 saturated carbocycles. The van der Waals surface area contributed by atoms with Crippen molar-refractivity contribution < 1.29 is 4.18 Å². The third kappa shape index (κ3) is 2.46. The fraction of sp³-hybridized carbons (Fsp3) is 0.333. The number of hydrogen-bond acceptors (Lipinski definition) is 2. The van der Waals surface area contributed by atoms with E-state index in [2.05, 4.69) is 6.92 Å². The second-order valence-corrected chi connectivity index (χ2v) is 3.24. The summed E-state index contributed by atoms with van der Waals surface area (Å²) in [6.45, 7) is 4.12. The number of aryl methyl sites for hydroxylation is 1. The first-order chi connectivity index (χ1) is 5.34. The molecule has 0 amide bonds. The summed E-state index contributed by atoms with van der Waals surface area (Å²) in [7, 11) is 0. The van der Waals surface area contributed by atoms with Crippen molar-refractivity contribution in [2.45, 2.75) is 13.8 Å². The molecule has 0 atom stereocenters. The second-order valence-electron chi connectivity index (χ2n) is 2.26. The summed E-state index contributed by atoms with van der Waals surface area (Å²) in [5, 5.41) is 0. The van der Waals surface area contributed by atoms with Crippen LogP contribution in [0.3, 0.4) is 0 Å². The Labute approximate surface area is 72.0 Å². The topological polar surface area (TPSA) is 9.23 Å². The highest BCUT2D eigenvalue weighted by molar-refractivity contribution is 7.94. The zero-order valence-corrected chi connectivity index (χ0v) is 7.65. The summed E-state index contributed by atoms with van der Waals surface area (Å²) in [6.07, 6.45) is 0. The van der Waals surface area contributed by atoms with Crippen LogP contribution >= 0.6 is 12.0 Å². The first kappa shape index (κ1) is 8.47. The molecule has 0 aliphatic carbocycles. The zero-order chi connectivity index (χ0) is 8.10. The minimum absolute atomic E-state index is 0.972. The molecule has 0 bridgehead atoms. The molecule has 0 aliphatic rings. The van der Waals surface area contributed by atoms with Gasteiger partial charge in [-0.25, -0.2) is 0 Å². The average Bonchev–Trinajstić information content (AvgIpc) is 2.03. The molecular weight excluding hydrogens is 156 g/mol. The molecule has 0 heterocycles. The van der Waals surface area contributed by atoms with Gasteiger partial charge in [-0.15, -0.1) is 0 Å². The molecule has 1 aromatic carbocycles. The van der Waals surface area contributed by atoms with E-state index in [1.807, 2.05) is 31.2 Å². The van der Waals surface area contributed by atoms with Crippen LogP contribution < -0.4 is 4.18 Å². The van der Waals surface area contributed by atoms with Crippen LogP contribution in [0.25, 0.3) is 0 Å². The number of rotatable bonds is 3. The van der Waals surface area contributed by atoms with Gasteiger partial charge >= 0.3 is 0 Å². The van der Waals surface area contributed by atoms with Crippen LogP contribution in [0.4, 0.5) is 0 Å². The van der Waals surface area contributed by atoms with E-state index in [1.54, 1.807) is 0 Å². The van der Waals surface area contributed by atoms with Crippen LogP contribution in [0.5, 0.6) is 5.75 Å². The molecule has 1 rings (SSSR count). The first-order valence-electron chi connectivity index (χ1n) is 3.69. The predicted octanol–water partition coefficient (Wildman–Crippen LogP) is 3.04. The second kappa shape index (κ2) is 4.29. The molecule has 11 heavy (non-hydrogen) atoms. The van der Waals surface area contributed by atoms with E-state index in [4.69, 9.17) is 4.18 Å². The lowest BCUT2D eigenvalue weighted by Crippen LogP contribution is -1.84. The molecule has 1 nitrogen and oxygen atoms in total. The maximum Gasteiger partial charge on any atom is 0.140 e. The van der Waals surface area contributed by atoms with Crippen molar-refractivity contribution in [2.75, 3.05) is 5.75 Å². The van der Waals surface area contributed by atoms with E-state index >= 15 is 0 Å². The lowest BCUT2D eigenvalue weighted by atomic mass is 10.2. The molecular formula is C9H12OS. The molecule has 0 spiro atoms. The summed E-state index contributed by atoms with van der Waals surface area (Å²) < 4.78 is 5.40. The minimum Gasteiger partial charge on any atom is -0.426 e. The first-order valence-corrected chi connectivity index (χ1v) is 4.60. The Hall–Kier alpha value is -0.630. The highest BCUT2D eigenvalue weighted by Gasteiger charge is 1.95. The Morgan fingerprint density at radius 2 is 2.09 bits per heavy atom. The summed E-state index contributed by atoms with van der Waals surface area (Å²) >= 11 is 1.48. The van der Waals surface area contributed by atoms with E-state index in [-0.39, 0.29) is 0 Å². The molecule has 0 radical (unpaired) electrons. The number of hydrogen-bond donors (Lipinski definition) is 0. The summed E-state index contributed by atoms with van der Waals surface area (Å²) in [6, 6.07) is 8.03. The molecule has 0 aliphatic heterocycles. The Kier molecular flexibility index (Phi) is 3.30. The molecule has 0 saturated heterocycles. The van der Waals surface area contributed by atoms with Gasteiger partial charge in [0.1, 0.15) is 5.75 Å². The Bertz CT molecular complexity index is 223. The van der Waals surface area contributed by atoms with Gasteiger partial charge in [-0.1, -0.05) is 25.1 Å². The van der Waals surface area contributed by atoms with Crippen LogP contribution in [0.2, 0.25) is 0 Å². The van der Waals surface area contributed by atoms with Crippen LogP contribution in [-0.2, 0) is 0 Å². The Morgan fingerprint density at radius 1 is 1.36 bits per heavy atom. The van der Waals surface area contributed by atoms with Gasteiger partial charge in [-0.2, -0.15) is 0 Å². The van der Waals surface area contributed by atoms with Gasteiger partial charge in [0.25, 0.3) is 0 Å². The van der Waals surface area contributed by atoms with Crippen molar-refractivity contribution in [1.29, 1.82) is 0 Å². The van der Waals surface area contributed by atoms with E-state index in [9.17, 15) is 0 Å². The standard InChI is InChI=1S/C9H12OS/c1-3-11-10-9-7-5-4-6-8(9)2/h4-7H,3H2,1-2H3. The molecule has 2 heteroatoms. The van der Waals surface area contributed by atoms with Gasteiger partial charge in [-0.3, -0.25) is 0 Å². The van der Waals surface area contributed by atoms with Crippen molar-refractivity contribution in [3.05, 3.63) is 29.8 Å². The van der Waals surface area contributed by atoms with Gasteiger partial charge < -0.3 is 4.18 Å². The van der Waals surface area contributed by atoms with Crippen molar-refractivity contribution in [3.63, 3.8) is 0 Å². The van der Waals surface area contributed by atoms with E-state index in [0.29, 0.717) is 0 Å². The van der Waals surface area contributed by atoms with Gasteiger partial charge in [0.2, 0.25) is 0 Å². The van der Waals surface area contributed by atoms with Crippen LogP contribution in [0, 0.1) is 6.92 Å². The smallest absolute Gasteiger partial charge is 0.140 e. The molecule has 0 fully saturated rings. The van der Waals surface area contributed by atoms with Crippen molar-refractivity contribution in [2.24, 2.45) is 0 Å². The summed E-state index contributed by atoms with van der Waals surface area (Å²) in [4.78, 5) is 0. The fourth-order valence-corrected chi connectivity index (χ4v) is 1.20. The van der Waals surface area contributed by atoms with E-state index in [0.717, 1.165) is 11.5 Å². The van der Waals surface area contributed by atoms with Gasteiger partial charge in [-0.05, 0) is 18.6 Å². The Balaban J connectivity index is 2.62. The van der Waals surface area contributed by atoms with Crippen molar-refractivity contribution >= 4 is 12.0 Å². The quantitative estimate of drug-likeness (QED) is 0.641. The van der Waals surface area contributed by atoms with Crippen LogP contribution in [0.1, 0.15) is 12.5 Å². The normalized spacial score (nSPS) is 9.64. The van der Waals surface area contributed by atoms with Crippen LogP contribution in [-0.4, -0.2) is 5.75 Å². The van der Waals surface area contributed by atoms with Gasteiger partial charge in [0.05, 0.1) is 12.0 Å². The maximum absolute atomic E-state index is 5.40.